The lowest BCUT2D eigenvalue weighted by Crippen LogP contribution is -2.36. The predicted molar refractivity (Wildman–Crippen MR) is 110 cm³/mol. The van der Waals surface area contributed by atoms with Gasteiger partial charge >= 0.3 is 0 Å². The minimum atomic E-state index is 0.288. The Morgan fingerprint density at radius 1 is 1.26 bits per heavy atom. The average Bonchev–Trinajstić information content (AvgIpc) is 2.74. The first-order chi connectivity index (χ1) is 10.9. The van der Waals surface area contributed by atoms with Crippen LogP contribution in [0.2, 0.25) is 0 Å². The first kappa shape index (κ1) is 17.9. The lowest BCUT2D eigenvalue weighted by molar-refractivity contribution is 0.720. The molecule has 0 aliphatic rings. The third-order valence-corrected chi connectivity index (χ3v) is 4.27. The largest absolute Gasteiger partial charge is 0.359 e. The Kier molecular flexibility index (Phi) is 6.17. The minimum Gasteiger partial charge on any atom is -0.359 e. The van der Waals surface area contributed by atoms with Crippen LogP contribution in [0.4, 0.5) is 0 Å². The third-order valence-electron chi connectivity index (χ3n) is 3.34. The normalized spacial score (nSPS) is 11.2. The second kappa shape index (κ2) is 7.92. The molecule has 2 aromatic rings. The number of benzene rings is 1. The van der Waals surface area contributed by atoms with Gasteiger partial charge in [-0.25, -0.2) is 0 Å². The number of rotatable bonds is 4. The summed E-state index contributed by atoms with van der Waals surface area (Å²) in [6.45, 7) is 8.26. The fourth-order valence-electron chi connectivity index (χ4n) is 2.36. The van der Waals surface area contributed by atoms with Crippen LogP contribution in [0.3, 0.4) is 0 Å². The molecule has 0 atom stereocenters. The number of aromatic nitrogens is 1. The Balaban J connectivity index is 2.17. The number of aryl methyl sites for hydroxylation is 1. The van der Waals surface area contributed by atoms with Gasteiger partial charge in [-0.05, 0) is 92.8 Å². The second-order valence-electron chi connectivity index (χ2n) is 5.64. The number of hydrazone groups is 1. The molecule has 0 spiro atoms. The molecule has 1 aromatic heterocycles. The Labute approximate surface area is 156 Å². The summed E-state index contributed by atoms with van der Waals surface area (Å²) < 4.78 is 3.45. The Hall–Kier alpha value is -1.41. The van der Waals surface area contributed by atoms with Gasteiger partial charge in [0.15, 0.2) is 5.11 Å². The quantitative estimate of drug-likeness (QED) is 0.328. The molecule has 1 aromatic carbocycles. The van der Waals surface area contributed by atoms with Crippen molar-refractivity contribution in [1.29, 1.82) is 0 Å². The first-order valence-electron chi connectivity index (χ1n) is 7.43. The summed E-state index contributed by atoms with van der Waals surface area (Å²) in [5.74, 6) is 0. The SMILES string of the molecule is Cc1cc(C=NNC(=S)NC(C)C)c(C)n1-c1ccc(I)cc1. The van der Waals surface area contributed by atoms with Crippen molar-refractivity contribution < 1.29 is 0 Å². The summed E-state index contributed by atoms with van der Waals surface area (Å²) in [4.78, 5) is 0. The van der Waals surface area contributed by atoms with Gasteiger partial charge < -0.3 is 9.88 Å². The zero-order valence-corrected chi connectivity index (χ0v) is 16.7. The van der Waals surface area contributed by atoms with Gasteiger partial charge in [0.2, 0.25) is 0 Å². The molecule has 23 heavy (non-hydrogen) atoms. The van der Waals surface area contributed by atoms with Gasteiger partial charge in [0.05, 0.1) is 6.21 Å². The van der Waals surface area contributed by atoms with Crippen molar-refractivity contribution in [1.82, 2.24) is 15.3 Å². The summed E-state index contributed by atoms with van der Waals surface area (Å²) in [6, 6.07) is 10.9. The standard InChI is InChI=1S/C17H21IN4S/c1-11(2)20-17(23)21-19-10-14-9-12(3)22(13(14)4)16-7-5-15(18)6-8-16/h5-11H,1-4H3,(H2,20,21,23). The van der Waals surface area contributed by atoms with E-state index in [0.717, 1.165) is 16.9 Å². The van der Waals surface area contributed by atoms with E-state index >= 15 is 0 Å². The topological polar surface area (TPSA) is 41.4 Å². The third kappa shape index (κ3) is 4.78. The highest BCUT2D eigenvalue weighted by Gasteiger charge is 2.09. The number of nitrogens with zero attached hydrogens (tertiary/aromatic N) is 2. The molecular weight excluding hydrogens is 419 g/mol. The smallest absolute Gasteiger partial charge is 0.187 e. The van der Waals surface area contributed by atoms with Gasteiger partial charge in [-0.2, -0.15) is 5.10 Å². The highest BCUT2D eigenvalue weighted by atomic mass is 127. The van der Waals surface area contributed by atoms with Crippen molar-refractivity contribution in [2.75, 3.05) is 0 Å². The predicted octanol–water partition coefficient (Wildman–Crippen LogP) is 3.91. The van der Waals surface area contributed by atoms with Crippen molar-refractivity contribution in [3.05, 3.63) is 50.9 Å². The van der Waals surface area contributed by atoms with Gasteiger partial charge in [0, 0.05) is 32.3 Å². The van der Waals surface area contributed by atoms with Crippen LogP contribution in [-0.4, -0.2) is 21.9 Å². The highest BCUT2D eigenvalue weighted by Crippen LogP contribution is 2.20. The van der Waals surface area contributed by atoms with Gasteiger partial charge in [0.25, 0.3) is 0 Å². The summed E-state index contributed by atoms with van der Waals surface area (Å²) in [5, 5.41) is 7.85. The molecular formula is C17H21IN4S. The van der Waals surface area contributed by atoms with Crippen LogP contribution in [0.25, 0.3) is 5.69 Å². The summed E-state index contributed by atoms with van der Waals surface area (Å²) >= 11 is 7.47. The van der Waals surface area contributed by atoms with Gasteiger partial charge in [-0.3, -0.25) is 5.43 Å². The van der Waals surface area contributed by atoms with Crippen LogP contribution >= 0.6 is 34.8 Å². The average molecular weight is 440 g/mol. The van der Waals surface area contributed by atoms with E-state index in [1.54, 1.807) is 6.21 Å². The Bertz CT molecular complexity index is 717. The van der Waals surface area contributed by atoms with E-state index in [4.69, 9.17) is 12.2 Å². The molecule has 0 bridgehead atoms. The van der Waals surface area contributed by atoms with E-state index in [9.17, 15) is 0 Å². The fraction of sp³-hybridized carbons (Fsp3) is 0.294. The molecule has 0 radical (unpaired) electrons. The molecule has 0 aliphatic heterocycles. The molecule has 0 unspecified atom stereocenters. The second-order valence-corrected chi connectivity index (χ2v) is 7.29. The van der Waals surface area contributed by atoms with E-state index in [1.165, 1.54) is 9.26 Å². The minimum absolute atomic E-state index is 0.288. The fourth-order valence-corrected chi connectivity index (χ4v) is 3.01. The summed E-state index contributed by atoms with van der Waals surface area (Å²) in [6.07, 6.45) is 1.81. The Morgan fingerprint density at radius 2 is 1.91 bits per heavy atom. The van der Waals surface area contributed by atoms with Crippen molar-refractivity contribution in [2.45, 2.75) is 33.7 Å². The van der Waals surface area contributed by atoms with E-state index < -0.39 is 0 Å². The lowest BCUT2D eigenvalue weighted by atomic mass is 10.2. The van der Waals surface area contributed by atoms with E-state index in [2.05, 4.69) is 87.2 Å². The Morgan fingerprint density at radius 3 is 2.52 bits per heavy atom. The molecule has 2 rings (SSSR count). The molecule has 1 heterocycles. The van der Waals surface area contributed by atoms with Crippen molar-refractivity contribution in [3.8, 4) is 5.69 Å². The van der Waals surface area contributed by atoms with Gasteiger partial charge in [0.1, 0.15) is 0 Å². The van der Waals surface area contributed by atoms with Gasteiger partial charge in [-0.1, -0.05) is 0 Å². The molecule has 2 N–H and O–H groups in total. The zero-order chi connectivity index (χ0) is 17.0. The number of thiocarbonyl (C=S) groups is 1. The van der Waals surface area contributed by atoms with Gasteiger partial charge in [-0.15, -0.1) is 0 Å². The maximum Gasteiger partial charge on any atom is 0.187 e. The molecule has 0 fully saturated rings. The van der Waals surface area contributed by atoms with E-state index in [-0.39, 0.29) is 6.04 Å². The molecule has 4 nitrogen and oxygen atoms in total. The summed E-state index contributed by atoms with van der Waals surface area (Å²) in [5.41, 5.74) is 7.40. The number of halogens is 1. The van der Waals surface area contributed by atoms with Crippen LogP contribution in [0.5, 0.6) is 0 Å². The maximum absolute atomic E-state index is 5.16. The maximum atomic E-state index is 5.16. The number of hydrogen-bond acceptors (Lipinski definition) is 2. The van der Waals surface area contributed by atoms with E-state index in [1.807, 2.05) is 13.8 Å². The van der Waals surface area contributed by atoms with Crippen LogP contribution in [0.15, 0.2) is 35.4 Å². The molecule has 0 saturated heterocycles. The highest BCUT2D eigenvalue weighted by molar-refractivity contribution is 14.1. The van der Waals surface area contributed by atoms with Crippen LogP contribution in [0.1, 0.15) is 30.8 Å². The monoisotopic (exact) mass is 440 g/mol. The van der Waals surface area contributed by atoms with Crippen molar-refractivity contribution in [3.63, 3.8) is 0 Å². The molecule has 0 saturated carbocycles. The first-order valence-corrected chi connectivity index (χ1v) is 8.91. The molecule has 0 aliphatic carbocycles. The van der Waals surface area contributed by atoms with Crippen LogP contribution in [-0.2, 0) is 0 Å². The number of hydrogen-bond donors (Lipinski definition) is 2. The summed E-state index contributed by atoms with van der Waals surface area (Å²) in [7, 11) is 0. The van der Waals surface area contributed by atoms with Crippen LogP contribution in [0, 0.1) is 17.4 Å². The molecule has 122 valence electrons. The molecule has 0 amide bonds. The van der Waals surface area contributed by atoms with E-state index in [0.29, 0.717) is 5.11 Å². The lowest BCUT2D eigenvalue weighted by Gasteiger charge is -2.10. The van der Waals surface area contributed by atoms with Crippen LogP contribution < -0.4 is 10.7 Å². The zero-order valence-electron chi connectivity index (χ0n) is 13.7. The number of nitrogens with one attached hydrogen (secondary N) is 2. The van der Waals surface area contributed by atoms with Crippen molar-refractivity contribution in [2.24, 2.45) is 5.10 Å². The molecule has 6 heteroatoms. The van der Waals surface area contributed by atoms with Crippen molar-refractivity contribution >= 4 is 46.1 Å².